The molecule has 4 rings (SSSR count). The van der Waals surface area contributed by atoms with Crippen molar-refractivity contribution in [3.63, 3.8) is 0 Å². The van der Waals surface area contributed by atoms with Crippen molar-refractivity contribution in [2.45, 2.75) is 33.5 Å². The van der Waals surface area contributed by atoms with E-state index in [9.17, 15) is 18.0 Å². The minimum atomic E-state index is -4.38. The first-order chi connectivity index (χ1) is 14.7. The van der Waals surface area contributed by atoms with E-state index in [-0.39, 0.29) is 5.91 Å². The third-order valence-corrected chi connectivity index (χ3v) is 5.64. The van der Waals surface area contributed by atoms with Gasteiger partial charge in [-0.3, -0.25) is 4.79 Å². The molecule has 3 aromatic rings. The molecule has 9 heteroatoms. The summed E-state index contributed by atoms with van der Waals surface area (Å²) in [6.07, 6.45) is -4.38. The van der Waals surface area contributed by atoms with E-state index in [0.717, 1.165) is 28.9 Å². The molecule has 0 radical (unpaired) electrons. The van der Waals surface area contributed by atoms with Crippen LogP contribution in [-0.4, -0.2) is 51.8 Å². The van der Waals surface area contributed by atoms with Crippen LogP contribution in [0.25, 0.3) is 11.0 Å². The number of halogens is 3. The summed E-state index contributed by atoms with van der Waals surface area (Å²) in [5, 5.41) is 5.26. The van der Waals surface area contributed by atoms with Gasteiger partial charge in [0.1, 0.15) is 0 Å². The van der Waals surface area contributed by atoms with Gasteiger partial charge < -0.3 is 9.80 Å². The number of hydrogen-bond donors (Lipinski definition) is 0. The van der Waals surface area contributed by atoms with Gasteiger partial charge in [0.15, 0.2) is 5.65 Å². The largest absolute Gasteiger partial charge is 0.416 e. The van der Waals surface area contributed by atoms with Gasteiger partial charge in [0, 0.05) is 44.1 Å². The quantitative estimate of drug-likeness (QED) is 0.628. The number of amides is 1. The number of anilines is 1. The molecule has 164 valence electrons. The van der Waals surface area contributed by atoms with E-state index in [1.54, 1.807) is 21.7 Å². The van der Waals surface area contributed by atoms with Crippen LogP contribution in [0.15, 0.2) is 30.3 Å². The number of nitrogens with zero attached hydrogens (tertiary/aromatic N) is 5. The molecule has 1 fully saturated rings. The minimum absolute atomic E-state index is 0.0991. The number of pyridine rings is 1. The molecule has 1 aromatic carbocycles. The number of rotatable bonds is 3. The molecule has 0 unspecified atom stereocenters. The lowest BCUT2D eigenvalue weighted by Crippen LogP contribution is -2.48. The molecule has 0 saturated carbocycles. The maximum atomic E-state index is 13.3. The van der Waals surface area contributed by atoms with Crippen LogP contribution >= 0.6 is 0 Å². The molecule has 1 saturated heterocycles. The van der Waals surface area contributed by atoms with Crippen LogP contribution in [0.3, 0.4) is 0 Å². The molecule has 0 atom stereocenters. The highest BCUT2D eigenvalue weighted by Crippen LogP contribution is 2.32. The molecular weight excluding hydrogens is 407 g/mol. The zero-order chi connectivity index (χ0) is 22.3. The number of aromatic nitrogens is 3. The number of aryl methyl sites for hydroxylation is 3. The zero-order valence-electron chi connectivity index (χ0n) is 17.7. The predicted octanol–water partition coefficient (Wildman–Crippen LogP) is 4.05. The summed E-state index contributed by atoms with van der Waals surface area (Å²) in [6.45, 7) is 8.14. The fraction of sp³-hybridized carbons (Fsp3) is 0.409. The molecule has 1 aliphatic heterocycles. The Morgan fingerprint density at radius 3 is 2.45 bits per heavy atom. The highest BCUT2D eigenvalue weighted by atomic mass is 19.4. The van der Waals surface area contributed by atoms with E-state index < -0.39 is 11.7 Å². The van der Waals surface area contributed by atoms with Crippen molar-refractivity contribution in [3.05, 3.63) is 52.8 Å². The first kappa shape index (κ1) is 21.1. The molecule has 0 bridgehead atoms. The number of fused-ring (bicyclic) bond motifs is 1. The molecule has 1 amide bonds. The molecule has 0 aliphatic carbocycles. The molecule has 2 aromatic heterocycles. The summed E-state index contributed by atoms with van der Waals surface area (Å²) in [5.74, 6) is -0.0991. The Morgan fingerprint density at radius 2 is 1.81 bits per heavy atom. The smallest absolute Gasteiger partial charge is 0.368 e. The van der Waals surface area contributed by atoms with Crippen LogP contribution in [0.5, 0.6) is 0 Å². The van der Waals surface area contributed by atoms with Gasteiger partial charge in [0.2, 0.25) is 0 Å². The Bertz CT molecular complexity index is 1130. The molecule has 0 N–H and O–H groups in total. The molecule has 6 nitrogen and oxygen atoms in total. The fourth-order valence-corrected chi connectivity index (χ4v) is 4.08. The van der Waals surface area contributed by atoms with Crippen LogP contribution < -0.4 is 4.90 Å². The topological polar surface area (TPSA) is 54.3 Å². The Labute approximate surface area is 178 Å². The van der Waals surface area contributed by atoms with Gasteiger partial charge >= 0.3 is 6.18 Å². The number of benzene rings is 1. The molecule has 3 heterocycles. The van der Waals surface area contributed by atoms with E-state index in [1.807, 2.05) is 25.7 Å². The van der Waals surface area contributed by atoms with Gasteiger partial charge in [0.25, 0.3) is 5.91 Å². The fourth-order valence-electron chi connectivity index (χ4n) is 4.08. The Kier molecular flexibility index (Phi) is 5.36. The van der Waals surface area contributed by atoms with Gasteiger partial charge in [-0.25, -0.2) is 9.67 Å². The minimum Gasteiger partial charge on any atom is -0.368 e. The number of alkyl halides is 3. The predicted molar refractivity (Wildman–Crippen MR) is 112 cm³/mol. The first-order valence-electron chi connectivity index (χ1n) is 10.2. The lowest BCUT2D eigenvalue weighted by atomic mass is 10.1. The summed E-state index contributed by atoms with van der Waals surface area (Å²) < 4.78 is 40.9. The van der Waals surface area contributed by atoms with Crippen molar-refractivity contribution < 1.29 is 18.0 Å². The van der Waals surface area contributed by atoms with Gasteiger partial charge in [0.05, 0.1) is 22.2 Å². The Hall–Kier alpha value is -3.10. The summed E-state index contributed by atoms with van der Waals surface area (Å²) in [4.78, 5) is 21.5. The SMILES string of the molecule is CCn1nc(C)c2c(C(=O)N3CCN(c4cccc(C(F)(F)F)c4)CC3)cc(C)nc21. The lowest BCUT2D eigenvalue weighted by molar-refractivity contribution is -0.137. The maximum Gasteiger partial charge on any atom is 0.416 e. The normalized spacial score (nSPS) is 15.0. The molecule has 0 spiro atoms. The maximum absolute atomic E-state index is 13.3. The highest BCUT2D eigenvalue weighted by molar-refractivity contribution is 6.06. The Morgan fingerprint density at radius 1 is 1.10 bits per heavy atom. The summed E-state index contributed by atoms with van der Waals surface area (Å²) in [6, 6.07) is 7.11. The molecule has 1 aliphatic rings. The van der Waals surface area contributed by atoms with Gasteiger partial charge in [-0.1, -0.05) is 6.07 Å². The average molecular weight is 431 g/mol. The van der Waals surface area contributed by atoms with Gasteiger partial charge in [-0.2, -0.15) is 18.3 Å². The third kappa shape index (κ3) is 3.96. The standard InChI is InChI=1S/C22H24F3N5O/c1-4-30-20-19(15(3)27-30)18(12-14(2)26-20)21(31)29-10-8-28(9-11-29)17-7-5-6-16(13-17)22(23,24)25/h5-7,12-13H,4,8-11H2,1-3H3. The molecular formula is C22H24F3N5O. The van der Waals surface area contributed by atoms with Crippen LogP contribution in [0, 0.1) is 13.8 Å². The van der Waals surface area contributed by atoms with E-state index in [1.165, 1.54) is 6.07 Å². The van der Waals surface area contributed by atoms with Crippen molar-refractivity contribution in [1.82, 2.24) is 19.7 Å². The van der Waals surface area contributed by atoms with Crippen LogP contribution in [0.2, 0.25) is 0 Å². The summed E-state index contributed by atoms with van der Waals surface area (Å²) in [7, 11) is 0. The number of hydrogen-bond acceptors (Lipinski definition) is 4. The average Bonchev–Trinajstić information content (AvgIpc) is 3.07. The van der Waals surface area contributed by atoms with Gasteiger partial charge in [-0.05, 0) is 45.0 Å². The third-order valence-electron chi connectivity index (χ3n) is 5.64. The Balaban J connectivity index is 1.55. The van der Waals surface area contributed by atoms with E-state index in [2.05, 4.69) is 10.1 Å². The second-order valence-electron chi connectivity index (χ2n) is 7.74. The second kappa shape index (κ2) is 7.86. The van der Waals surface area contributed by atoms with Gasteiger partial charge in [-0.15, -0.1) is 0 Å². The zero-order valence-corrected chi connectivity index (χ0v) is 17.7. The monoisotopic (exact) mass is 431 g/mol. The number of carbonyl (C=O) groups excluding carboxylic acids is 1. The van der Waals surface area contributed by atoms with E-state index >= 15 is 0 Å². The van der Waals surface area contributed by atoms with Crippen molar-refractivity contribution in [2.75, 3.05) is 31.1 Å². The van der Waals surface area contributed by atoms with Crippen LogP contribution in [0.1, 0.15) is 34.2 Å². The van der Waals surface area contributed by atoms with Crippen molar-refractivity contribution in [3.8, 4) is 0 Å². The van der Waals surface area contributed by atoms with Crippen molar-refractivity contribution >= 4 is 22.6 Å². The molecule has 31 heavy (non-hydrogen) atoms. The van der Waals surface area contributed by atoms with E-state index in [0.29, 0.717) is 49.6 Å². The summed E-state index contributed by atoms with van der Waals surface area (Å²) >= 11 is 0. The van der Waals surface area contributed by atoms with Crippen LogP contribution in [-0.2, 0) is 12.7 Å². The van der Waals surface area contributed by atoms with Crippen molar-refractivity contribution in [2.24, 2.45) is 0 Å². The van der Waals surface area contributed by atoms with E-state index in [4.69, 9.17) is 0 Å². The lowest BCUT2D eigenvalue weighted by Gasteiger charge is -2.36. The number of piperazine rings is 1. The van der Waals surface area contributed by atoms with Crippen LogP contribution in [0.4, 0.5) is 18.9 Å². The first-order valence-corrected chi connectivity index (χ1v) is 10.2. The number of carbonyl (C=O) groups is 1. The summed E-state index contributed by atoms with van der Waals surface area (Å²) in [5.41, 5.74) is 2.63. The second-order valence-corrected chi connectivity index (χ2v) is 7.74. The van der Waals surface area contributed by atoms with Crippen molar-refractivity contribution in [1.29, 1.82) is 0 Å². The highest BCUT2D eigenvalue weighted by Gasteiger charge is 2.31.